The number of aromatic nitrogens is 5. The van der Waals surface area contributed by atoms with E-state index in [2.05, 4.69) is 53.1 Å². The molecule has 0 bridgehead atoms. The first-order valence-electron chi connectivity index (χ1n) is 7.19. The number of nitrogens with one attached hydrogen (secondary N) is 2. The fraction of sp³-hybridized carbons (Fsp3) is 0.125. The van der Waals surface area contributed by atoms with Crippen LogP contribution in [0.2, 0.25) is 0 Å². The van der Waals surface area contributed by atoms with Gasteiger partial charge in [-0.05, 0) is 30.0 Å². The molecule has 0 aliphatic heterocycles. The summed E-state index contributed by atoms with van der Waals surface area (Å²) in [6.07, 6.45) is 3.51. The van der Waals surface area contributed by atoms with Crippen molar-refractivity contribution in [3.63, 3.8) is 0 Å². The molecule has 7 heteroatoms. The van der Waals surface area contributed by atoms with Gasteiger partial charge in [0.15, 0.2) is 11.5 Å². The summed E-state index contributed by atoms with van der Waals surface area (Å²) in [5.74, 6) is 1.45. The Labute approximate surface area is 136 Å². The molecule has 0 saturated carbocycles. The van der Waals surface area contributed by atoms with Gasteiger partial charge in [-0.2, -0.15) is 11.3 Å². The summed E-state index contributed by atoms with van der Waals surface area (Å²) >= 11 is 1.67. The number of thiophene rings is 1. The monoisotopic (exact) mass is 322 g/mol. The van der Waals surface area contributed by atoms with Gasteiger partial charge in [0, 0.05) is 23.7 Å². The molecule has 4 heterocycles. The quantitative estimate of drug-likeness (QED) is 0.602. The number of rotatable bonds is 4. The molecule has 0 amide bonds. The van der Waals surface area contributed by atoms with E-state index in [1.54, 1.807) is 17.7 Å². The largest absolute Gasteiger partial charge is 0.364 e. The molecule has 114 valence electrons. The average molecular weight is 322 g/mol. The van der Waals surface area contributed by atoms with Crippen LogP contribution in [0.3, 0.4) is 0 Å². The second-order valence-electron chi connectivity index (χ2n) is 5.14. The summed E-state index contributed by atoms with van der Waals surface area (Å²) < 4.78 is 0. The number of H-pyrrole nitrogens is 1. The van der Waals surface area contributed by atoms with Crippen LogP contribution in [0.1, 0.15) is 11.4 Å². The maximum atomic E-state index is 4.52. The van der Waals surface area contributed by atoms with E-state index >= 15 is 0 Å². The van der Waals surface area contributed by atoms with Gasteiger partial charge in [-0.3, -0.25) is 4.98 Å². The lowest BCUT2D eigenvalue weighted by Gasteiger charge is -2.07. The predicted molar refractivity (Wildman–Crippen MR) is 91.3 cm³/mol. The lowest BCUT2D eigenvalue weighted by Crippen LogP contribution is -2.04. The van der Waals surface area contributed by atoms with Crippen LogP contribution in [0.4, 0.5) is 5.82 Å². The Morgan fingerprint density at radius 1 is 1.17 bits per heavy atom. The van der Waals surface area contributed by atoms with Crippen molar-refractivity contribution in [3.05, 3.63) is 52.9 Å². The van der Waals surface area contributed by atoms with Gasteiger partial charge in [0.1, 0.15) is 11.3 Å². The van der Waals surface area contributed by atoms with Crippen LogP contribution in [0.15, 0.2) is 41.5 Å². The van der Waals surface area contributed by atoms with Crippen LogP contribution >= 0.6 is 11.3 Å². The second kappa shape index (κ2) is 5.77. The number of imidazole rings is 1. The highest BCUT2D eigenvalue weighted by molar-refractivity contribution is 7.08. The van der Waals surface area contributed by atoms with Crippen molar-refractivity contribution in [1.82, 2.24) is 24.9 Å². The van der Waals surface area contributed by atoms with E-state index < -0.39 is 0 Å². The highest BCUT2D eigenvalue weighted by Gasteiger charge is 2.08. The smallest absolute Gasteiger partial charge is 0.183 e. The molecule has 0 saturated heterocycles. The third-order valence-electron chi connectivity index (χ3n) is 3.50. The number of aromatic amines is 1. The number of pyridine rings is 1. The van der Waals surface area contributed by atoms with Gasteiger partial charge in [0.2, 0.25) is 0 Å². The van der Waals surface area contributed by atoms with Crippen LogP contribution in [0.5, 0.6) is 0 Å². The summed E-state index contributed by atoms with van der Waals surface area (Å²) in [6, 6.07) is 6.19. The maximum Gasteiger partial charge on any atom is 0.183 e. The van der Waals surface area contributed by atoms with Gasteiger partial charge < -0.3 is 10.3 Å². The third-order valence-corrected chi connectivity index (χ3v) is 4.18. The second-order valence-corrected chi connectivity index (χ2v) is 5.92. The zero-order chi connectivity index (χ0) is 15.6. The van der Waals surface area contributed by atoms with E-state index in [1.165, 1.54) is 0 Å². The van der Waals surface area contributed by atoms with Crippen LogP contribution < -0.4 is 5.32 Å². The highest BCUT2D eigenvalue weighted by Crippen LogP contribution is 2.21. The molecule has 0 aromatic carbocycles. The predicted octanol–water partition coefficient (Wildman–Crippen LogP) is 3.40. The van der Waals surface area contributed by atoms with Crippen LogP contribution in [0, 0.1) is 6.92 Å². The van der Waals surface area contributed by atoms with E-state index in [-0.39, 0.29) is 0 Å². The number of fused-ring (bicyclic) bond motifs is 1. The van der Waals surface area contributed by atoms with Gasteiger partial charge in [-0.1, -0.05) is 6.07 Å². The van der Waals surface area contributed by atoms with Gasteiger partial charge >= 0.3 is 0 Å². The fourth-order valence-corrected chi connectivity index (χ4v) is 3.02. The molecule has 4 rings (SSSR count). The minimum absolute atomic E-state index is 0.640. The number of anilines is 1. The molecule has 0 spiro atoms. The normalized spacial score (nSPS) is 11.0. The molecule has 6 nitrogen and oxygen atoms in total. The lowest BCUT2D eigenvalue weighted by atomic mass is 10.2. The van der Waals surface area contributed by atoms with Crippen molar-refractivity contribution in [3.8, 4) is 11.3 Å². The van der Waals surface area contributed by atoms with Crippen LogP contribution in [-0.2, 0) is 6.54 Å². The maximum absolute atomic E-state index is 4.52. The Kier molecular flexibility index (Phi) is 3.47. The molecular formula is C16H14N6S. The molecule has 23 heavy (non-hydrogen) atoms. The topological polar surface area (TPSA) is 79.4 Å². The van der Waals surface area contributed by atoms with E-state index in [1.807, 2.05) is 19.2 Å². The minimum Gasteiger partial charge on any atom is -0.364 e. The van der Waals surface area contributed by atoms with Gasteiger partial charge in [0.25, 0.3) is 0 Å². The average Bonchev–Trinajstić information content (AvgIpc) is 3.24. The van der Waals surface area contributed by atoms with Gasteiger partial charge in [-0.25, -0.2) is 15.0 Å². The Bertz CT molecular complexity index is 927. The molecule has 0 aliphatic carbocycles. The first-order valence-corrected chi connectivity index (χ1v) is 8.13. The summed E-state index contributed by atoms with van der Waals surface area (Å²) in [5.41, 5.74) is 4.72. The molecule has 0 atom stereocenters. The van der Waals surface area contributed by atoms with Crippen molar-refractivity contribution in [2.24, 2.45) is 0 Å². The van der Waals surface area contributed by atoms with E-state index in [9.17, 15) is 0 Å². The Morgan fingerprint density at radius 2 is 2.13 bits per heavy atom. The molecular weight excluding hydrogens is 308 g/mol. The van der Waals surface area contributed by atoms with E-state index in [0.29, 0.717) is 18.0 Å². The van der Waals surface area contributed by atoms with Crippen LogP contribution in [-0.4, -0.2) is 24.9 Å². The van der Waals surface area contributed by atoms with Gasteiger partial charge in [0.05, 0.1) is 12.0 Å². The van der Waals surface area contributed by atoms with Crippen molar-refractivity contribution < 1.29 is 0 Å². The van der Waals surface area contributed by atoms with Gasteiger partial charge in [-0.15, -0.1) is 0 Å². The molecule has 2 N–H and O–H groups in total. The highest BCUT2D eigenvalue weighted by atomic mass is 32.1. The number of aryl methyl sites for hydroxylation is 1. The molecule has 0 fully saturated rings. The molecule has 0 radical (unpaired) electrons. The molecule has 4 aromatic rings. The zero-order valence-electron chi connectivity index (χ0n) is 12.4. The Hall–Kier alpha value is -2.80. The Morgan fingerprint density at radius 3 is 2.91 bits per heavy atom. The van der Waals surface area contributed by atoms with Crippen molar-refractivity contribution in [1.29, 1.82) is 0 Å². The van der Waals surface area contributed by atoms with E-state index in [4.69, 9.17) is 0 Å². The van der Waals surface area contributed by atoms with Crippen molar-refractivity contribution in [2.75, 3.05) is 5.32 Å². The first-order chi connectivity index (χ1) is 11.3. The molecule has 0 unspecified atom stereocenters. The fourth-order valence-electron chi connectivity index (χ4n) is 2.37. The number of hydrogen-bond donors (Lipinski definition) is 2. The van der Waals surface area contributed by atoms with E-state index in [0.717, 1.165) is 28.2 Å². The van der Waals surface area contributed by atoms with Crippen molar-refractivity contribution in [2.45, 2.75) is 13.5 Å². The first kappa shape index (κ1) is 13.8. The molecule has 4 aromatic heterocycles. The van der Waals surface area contributed by atoms with Crippen LogP contribution in [0.25, 0.3) is 22.4 Å². The SMILES string of the molecule is Cc1nc(NCc2ccc(-c3ccsc3)nc2)c2[nH]cnc2n1. The van der Waals surface area contributed by atoms with Crippen molar-refractivity contribution >= 4 is 28.3 Å². The zero-order valence-corrected chi connectivity index (χ0v) is 13.3. The number of nitrogens with zero attached hydrogens (tertiary/aromatic N) is 4. The summed E-state index contributed by atoms with van der Waals surface area (Å²) in [6.45, 7) is 2.50. The third kappa shape index (κ3) is 2.78. The number of hydrogen-bond acceptors (Lipinski definition) is 6. The lowest BCUT2D eigenvalue weighted by molar-refractivity contribution is 1.04. The summed E-state index contributed by atoms with van der Waals surface area (Å²) in [7, 11) is 0. The summed E-state index contributed by atoms with van der Waals surface area (Å²) in [5, 5.41) is 7.48. The molecule has 0 aliphatic rings. The Balaban J connectivity index is 1.53. The summed E-state index contributed by atoms with van der Waals surface area (Å²) in [4.78, 5) is 20.5. The standard InChI is InChI=1S/C16H14N6S/c1-10-21-15(14-16(22-10)20-9-19-14)18-7-11-2-3-13(17-6-11)12-4-5-23-8-12/h2-6,8-9H,7H2,1H3,(H2,18,19,20,21,22). The minimum atomic E-state index is 0.640.